The van der Waals surface area contributed by atoms with Crippen molar-refractivity contribution in [2.45, 2.75) is 49.9 Å². The van der Waals surface area contributed by atoms with Crippen LogP contribution in [0.3, 0.4) is 0 Å². The predicted octanol–water partition coefficient (Wildman–Crippen LogP) is 3.89. The van der Waals surface area contributed by atoms with Gasteiger partial charge in [-0.05, 0) is 36.1 Å². The molecule has 1 spiro atoms. The van der Waals surface area contributed by atoms with Gasteiger partial charge in [0.05, 0.1) is 5.75 Å². The minimum absolute atomic E-state index is 0.00272. The highest BCUT2D eigenvalue weighted by Crippen LogP contribution is 2.38. The number of hydrogen-bond donors (Lipinski definition) is 0. The summed E-state index contributed by atoms with van der Waals surface area (Å²) in [5, 5.41) is 0. The molecular weight excluding hydrogens is 408 g/mol. The van der Waals surface area contributed by atoms with Crippen LogP contribution in [0, 0.1) is 0 Å². The molecule has 1 saturated carbocycles. The number of carbonyl (C=O) groups excluding carboxylic acids is 1. The van der Waals surface area contributed by atoms with Crippen molar-refractivity contribution in [3.63, 3.8) is 0 Å². The predicted molar refractivity (Wildman–Crippen MR) is 124 cm³/mol. The van der Waals surface area contributed by atoms with Crippen LogP contribution >= 0.6 is 0 Å². The largest absolute Gasteiger partial charge is 0.336 e. The summed E-state index contributed by atoms with van der Waals surface area (Å²) in [7, 11) is -3.08. The maximum atomic E-state index is 13.3. The second kappa shape index (κ2) is 9.13. The van der Waals surface area contributed by atoms with Crippen molar-refractivity contribution in [3.05, 3.63) is 71.3 Å². The number of amides is 1. The van der Waals surface area contributed by atoms with Gasteiger partial charge < -0.3 is 4.90 Å². The first-order valence-electron chi connectivity index (χ1n) is 11.2. The molecule has 2 aromatic rings. The molecule has 1 heterocycles. The second-order valence-electron chi connectivity index (χ2n) is 9.19. The lowest BCUT2D eigenvalue weighted by Crippen LogP contribution is -2.63. The average Bonchev–Trinajstić information content (AvgIpc) is 2.76. The summed E-state index contributed by atoms with van der Waals surface area (Å²) >= 11 is 0. The smallest absolute Gasteiger partial charge is 0.253 e. The third kappa shape index (κ3) is 5.36. The van der Waals surface area contributed by atoms with E-state index in [4.69, 9.17) is 0 Å². The zero-order valence-electron chi connectivity index (χ0n) is 18.3. The number of sulfone groups is 1. The van der Waals surface area contributed by atoms with Crippen LogP contribution in [0.4, 0.5) is 0 Å². The number of carbonyl (C=O) groups is 1. The number of nitrogens with zero attached hydrogens (tertiary/aromatic N) is 2. The van der Waals surface area contributed by atoms with Crippen molar-refractivity contribution in [1.82, 2.24) is 9.80 Å². The van der Waals surface area contributed by atoms with Gasteiger partial charge >= 0.3 is 0 Å². The van der Waals surface area contributed by atoms with Crippen LogP contribution in [-0.4, -0.2) is 55.6 Å². The number of piperazine rings is 1. The molecule has 6 heteroatoms. The maximum Gasteiger partial charge on any atom is 0.253 e. The number of hydrogen-bond acceptors (Lipinski definition) is 4. The molecule has 1 amide bonds. The second-order valence-corrected chi connectivity index (χ2v) is 11.3. The summed E-state index contributed by atoms with van der Waals surface area (Å²) in [5.41, 5.74) is 2.74. The summed E-state index contributed by atoms with van der Waals surface area (Å²) in [4.78, 5) is 17.9. The van der Waals surface area contributed by atoms with Crippen molar-refractivity contribution in [2.24, 2.45) is 0 Å². The lowest BCUT2D eigenvalue weighted by Gasteiger charge is -2.53. The Morgan fingerprint density at radius 2 is 1.58 bits per heavy atom. The van der Waals surface area contributed by atoms with E-state index in [9.17, 15) is 13.2 Å². The molecule has 2 aromatic carbocycles. The Kier molecular flexibility index (Phi) is 6.49. The first-order chi connectivity index (χ1) is 14.8. The molecule has 2 aliphatic rings. The lowest BCUT2D eigenvalue weighted by molar-refractivity contribution is -0.0252. The fraction of sp³-hybridized carbons (Fsp3) is 0.480. The van der Waals surface area contributed by atoms with Crippen molar-refractivity contribution >= 4 is 15.7 Å². The van der Waals surface area contributed by atoms with E-state index >= 15 is 0 Å². The average molecular weight is 441 g/mol. The zero-order chi connectivity index (χ0) is 21.9. The van der Waals surface area contributed by atoms with Gasteiger partial charge in [-0.15, -0.1) is 0 Å². The summed E-state index contributed by atoms with van der Waals surface area (Å²) < 4.78 is 23.0. The van der Waals surface area contributed by atoms with Crippen LogP contribution in [0.1, 0.15) is 53.6 Å². The molecule has 0 unspecified atom stereocenters. The van der Waals surface area contributed by atoms with Crippen molar-refractivity contribution < 1.29 is 13.2 Å². The molecule has 1 aliphatic carbocycles. The minimum atomic E-state index is -3.08. The standard InChI is InChI=1S/C25H32N2O3S/c1-31(29,30)19-22-10-12-23(13-11-22)24(28)26-16-17-27(18-21-8-4-2-5-9-21)25(20-26)14-6-3-7-15-25/h2,4-5,8-13H,3,6-7,14-20H2,1H3. The summed E-state index contributed by atoms with van der Waals surface area (Å²) in [6, 6.07) is 17.7. The lowest BCUT2D eigenvalue weighted by atomic mass is 9.78. The van der Waals surface area contributed by atoms with Gasteiger partial charge in [-0.2, -0.15) is 0 Å². The molecule has 0 atom stereocenters. The molecule has 0 aromatic heterocycles. The number of rotatable bonds is 5. The normalized spacial score (nSPS) is 19.5. The first kappa shape index (κ1) is 22.0. The van der Waals surface area contributed by atoms with Crippen LogP contribution in [-0.2, 0) is 22.1 Å². The van der Waals surface area contributed by atoms with Gasteiger partial charge in [-0.3, -0.25) is 9.69 Å². The van der Waals surface area contributed by atoms with Crippen LogP contribution in [0.15, 0.2) is 54.6 Å². The fourth-order valence-corrected chi connectivity index (χ4v) is 5.95. The minimum Gasteiger partial charge on any atom is -0.336 e. The molecular formula is C25H32N2O3S. The Labute approximate surface area is 186 Å². The molecule has 1 saturated heterocycles. The van der Waals surface area contributed by atoms with E-state index in [1.54, 1.807) is 24.3 Å². The van der Waals surface area contributed by atoms with Gasteiger partial charge in [0.2, 0.25) is 0 Å². The van der Waals surface area contributed by atoms with Crippen LogP contribution in [0.5, 0.6) is 0 Å². The van der Waals surface area contributed by atoms with Crippen molar-refractivity contribution in [2.75, 3.05) is 25.9 Å². The summed E-state index contributed by atoms with van der Waals surface area (Å²) in [6.07, 6.45) is 7.20. The van der Waals surface area contributed by atoms with E-state index in [1.807, 2.05) is 4.90 Å². The van der Waals surface area contributed by atoms with Crippen LogP contribution in [0.2, 0.25) is 0 Å². The van der Waals surface area contributed by atoms with Crippen LogP contribution in [0.25, 0.3) is 0 Å². The van der Waals surface area contributed by atoms with Crippen molar-refractivity contribution in [3.8, 4) is 0 Å². The summed E-state index contributed by atoms with van der Waals surface area (Å²) in [6.45, 7) is 3.30. The third-order valence-corrected chi connectivity index (χ3v) is 7.57. The monoisotopic (exact) mass is 440 g/mol. The molecule has 1 aliphatic heterocycles. The SMILES string of the molecule is CS(=O)(=O)Cc1ccc(C(=O)N2CCN(Cc3ccccc3)C3(CCCCC3)C2)cc1. The Bertz CT molecular complexity index is 997. The molecule has 166 valence electrons. The topological polar surface area (TPSA) is 57.7 Å². The Balaban J connectivity index is 1.49. The zero-order valence-corrected chi connectivity index (χ0v) is 19.1. The molecule has 0 N–H and O–H groups in total. The third-order valence-electron chi connectivity index (χ3n) is 6.71. The van der Waals surface area contributed by atoms with E-state index in [2.05, 4.69) is 35.2 Å². The van der Waals surface area contributed by atoms with Gasteiger partial charge in [0.25, 0.3) is 5.91 Å². The van der Waals surface area contributed by atoms with Crippen molar-refractivity contribution in [1.29, 1.82) is 0 Å². The van der Waals surface area contributed by atoms with E-state index in [-0.39, 0.29) is 17.2 Å². The van der Waals surface area contributed by atoms with Gasteiger partial charge in [-0.1, -0.05) is 61.7 Å². The maximum absolute atomic E-state index is 13.3. The molecule has 31 heavy (non-hydrogen) atoms. The molecule has 0 bridgehead atoms. The van der Waals surface area contributed by atoms with E-state index < -0.39 is 9.84 Å². The van der Waals surface area contributed by atoms with E-state index in [0.29, 0.717) is 5.56 Å². The van der Waals surface area contributed by atoms with Gasteiger partial charge in [0.15, 0.2) is 9.84 Å². The first-order valence-corrected chi connectivity index (χ1v) is 13.3. The summed E-state index contributed by atoms with van der Waals surface area (Å²) in [5.74, 6) is 0.0538. The number of benzene rings is 2. The Morgan fingerprint density at radius 1 is 0.903 bits per heavy atom. The molecule has 5 nitrogen and oxygen atoms in total. The van der Waals surface area contributed by atoms with Crippen LogP contribution < -0.4 is 0 Å². The highest BCUT2D eigenvalue weighted by molar-refractivity contribution is 7.89. The Morgan fingerprint density at radius 3 is 2.23 bits per heavy atom. The Hall–Kier alpha value is -2.18. The molecule has 4 rings (SSSR count). The molecule has 2 fully saturated rings. The fourth-order valence-electron chi connectivity index (χ4n) is 5.15. The van der Waals surface area contributed by atoms with Gasteiger partial charge in [0, 0.05) is 43.5 Å². The molecule has 0 radical (unpaired) electrons. The highest BCUT2D eigenvalue weighted by Gasteiger charge is 2.43. The van der Waals surface area contributed by atoms with E-state index in [1.165, 1.54) is 31.1 Å². The van der Waals surface area contributed by atoms with Gasteiger partial charge in [-0.25, -0.2) is 8.42 Å². The highest BCUT2D eigenvalue weighted by atomic mass is 32.2. The van der Waals surface area contributed by atoms with E-state index in [0.717, 1.165) is 44.6 Å². The van der Waals surface area contributed by atoms with Gasteiger partial charge in [0.1, 0.15) is 0 Å². The quantitative estimate of drug-likeness (QED) is 0.708.